The molecular weight excluding hydrogens is 320 g/mol. The van der Waals surface area contributed by atoms with Crippen LogP contribution in [0.3, 0.4) is 0 Å². The summed E-state index contributed by atoms with van der Waals surface area (Å²) >= 11 is 0. The van der Waals surface area contributed by atoms with Crippen LogP contribution >= 0.6 is 0 Å². The van der Waals surface area contributed by atoms with E-state index in [-0.39, 0.29) is 25.5 Å². The second-order valence-electron chi connectivity index (χ2n) is 5.80. The Morgan fingerprint density at radius 1 is 1.20 bits per heavy atom. The number of benzene rings is 2. The third kappa shape index (κ3) is 3.70. The van der Waals surface area contributed by atoms with Crippen molar-refractivity contribution in [2.45, 2.75) is 26.2 Å². The molecule has 0 aliphatic carbocycles. The van der Waals surface area contributed by atoms with Crippen LogP contribution in [-0.4, -0.2) is 38.3 Å². The molecule has 6 heteroatoms. The highest BCUT2D eigenvalue weighted by molar-refractivity contribution is 5.96. The van der Waals surface area contributed by atoms with Gasteiger partial charge in [-0.25, -0.2) is 4.98 Å². The summed E-state index contributed by atoms with van der Waals surface area (Å²) in [5, 5.41) is 19.9. The number of para-hydroxylation sites is 3. The largest absolute Gasteiger partial charge is 0.490 e. The number of rotatable bonds is 7. The van der Waals surface area contributed by atoms with E-state index in [4.69, 9.17) is 4.74 Å². The Balaban J connectivity index is 1.74. The van der Waals surface area contributed by atoms with Crippen LogP contribution in [0.1, 0.15) is 23.1 Å². The van der Waals surface area contributed by atoms with E-state index < -0.39 is 6.10 Å². The molecular formula is C19H20N2O4. The van der Waals surface area contributed by atoms with Crippen molar-refractivity contribution in [1.29, 1.82) is 0 Å². The highest BCUT2D eigenvalue weighted by Gasteiger charge is 2.15. The number of aliphatic hydroxyl groups is 2. The Hall–Kier alpha value is -2.70. The summed E-state index contributed by atoms with van der Waals surface area (Å²) in [5.74, 6) is 0.851. The summed E-state index contributed by atoms with van der Waals surface area (Å²) < 4.78 is 7.41. The van der Waals surface area contributed by atoms with E-state index >= 15 is 0 Å². The van der Waals surface area contributed by atoms with Crippen molar-refractivity contribution >= 4 is 16.8 Å². The number of hydrogen-bond donors (Lipinski definition) is 2. The van der Waals surface area contributed by atoms with Gasteiger partial charge in [-0.05, 0) is 31.2 Å². The highest BCUT2D eigenvalue weighted by atomic mass is 16.5. The first kappa shape index (κ1) is 17.1. The van der Waals surface area contributed by atoms with Gasteiger partial charge in [0, 0.05) is 0 Å². The number of Topliss-reactive ketones (excluding diaryl/α,β-unsaturated/α-hetero) is 1. The molecule has 0 bridgehead atoms. The molecule has 1 atom stereocenters. The number of hydrogen-bond acceptors (Lipinski definition) is 5. The van der Waals surface area contributed by atoms with Gasteiger partial charge in [0.05, 0.1) is 23.1 Å². The molecule has 3 aromatic rings. The van der Waals surface area contributed by atoms with E-state index in [0.29, 0.717) is 17.1 Å². The van der Waals surface area contributed by atoms with E-state index in [1.165, 1.54) is 6.92 Å². The van der Waals surface area contributed by atoms with Gasteiger partial charge in [0.1, 0.15) is 30.9 Å². The van der Waals surface area contributed by atoms with Crippen molar-refractivity contribution in [1.82, 2.24) is 9.55 Å². The standard InChI is InChI=1S/C19H20N2O4/c1-13(23)15-6-2-5-9-18(15)25-12-14(24)10-21-17-8-4-3-7-16(17)20-19(21)11-22/h2-9,14,22,24H,10-12H2,1H3. The Labute approximate surface area is 145 Å². The Morgan fingerprint density at radius 2 is 1.92 bits per heavy atom. The lowest BCUT2D eigenvalue weighted by atomic mass is 10.1. The fourth-order valence-electron chi connectivity index (χ4n) is 2.78. The molecule has 2 N–H and O–H groups in total. The van der Waals surface area contributed by atoms with E-state index in [1.54, 1.807) is 28.8 Å². The number of carbonyl (C=O) groups excluding carboxylic acids is 1. The van der Waals surface area contributed by atoms with Crippen LogP contribution in [0.4, 0.5) is 0 Å². The molecule has 0 saturated heterocycles. The molecule has 0 fully saturated rings. The van der Waals surface area contributed by atoms with Crippen molar-refractivity contribution in [3.05, 3.63) is 59.9 Å². The molecule has 1 unspecified atom stereocenters. The maximum Gasteiger partial charge on any atom is 0.163 e. The minimum Gasteiger partial charge on any atom is -0.490 e. The van der Waals surface area contributed by atoms with Crippen molar-refractivity contribution in [2.75, 3.05) is 6.61 Å². The zero-order chi connectivity index (χ0) is 17.8. The molecule has 0 aliphatic rings. The lowest BCUT2D eigenvalue weighted by molar-refractivity contribution is 0.0889. The Kier molecular flexibility index (Phi) is 5.11. The number of ether oxygens (including phenoxy) is 1. The first-order chi connectivity index (χ1) is 12.1. The molecule has 0 radical (unpaired) electrons. The molecule has 0 spiro atoms. The van der Waals surface area contributed by atoms with Crippen molar-refractivity contribution in [2.24, 2.45) is 0 Å². The second kappa shape index (κ2) is 7.46. The number of carbonyl (C=O) groups is 1. The summed E-state index contributed by atoms with van der Waals surface area (Å²) in [6, 6.07) is 14.4. The SMILES string of the molecule is CC(=O)c1ccccc1OCC(O)Cn1c(CO)nc2ccccc21. The highest BCUT2D eigenvalue weighted by Crippen LogP contribution is 2.20. The first-order valence-corrected chi connectivity index (χ1v) is 8.06. The quantitative estimate of drug-likeness (QED) is 0.644. The van der Waals surface area contributed by atoms with E-state index in [2.05, 4.69) is 4.98 Å². The monoisotopic (exact) mass is 340 g/mol. The van der Waals surface area contributed by atoms with Crippen LogP contribution in [0.2, 0.25) is 0 Å². The third-order valence-electron chi connectivity index (χ3n) is 3.97. The Bertz CT molecular complexity index is 888. The normalized spacial score (nSPS) is 12.3. The van der Waals surface area contributed by atoms with E-state index in [0.717, 1.165) is 11.0 Å². The first-order valence-electron chi connectivity index (χ1n) is 8.06. The summed E-state index contributed by atoms with van der Waals surface area (Å²) in [5.41, 5.74) is 2.09. The van der Waals surface area contributed by atoms with Gasteiger partial charge < -0.3 is 19.5 Å². The summed E-state index contributed by atoms with van der Waals surface area (Å²) in [6.07, 6.45) is -0.817. The molecule has 1 heterocycles. The predicted molar refractivity (Wildman–Crippen MR) is 93.6 cm³/mol. The molecule has 6 nitrogen and oxygen atoms in total. The van der Waals surface area contributed by atoms with Gasteiger partial charge in [-0.3, -0.25) is 4.79 Å². The van der Waals surface area contributed by atoms with Gasteiger partial charge in [0.2, 0.25) is 0 Å². The minimum absolute atomic E-state index is 0.0294. The van der Waals surface area contributed by atoms with E-state index in [1.807, 2.05) is 24.3 Å². The predicted octanol–water partition coefficient (Wildman–Crippen LogP) is 2.17. The molecule has 0 aliphatic heterocycles. The zero-order valence-corrected chi connectivity index (χ0v) is 13.9. The summed E-state index contributed by atoms with van der Waals surface area (Å²) in [6.45, 7) is 1.53. The maximum atomic E-state index is 11.6. The van der Waals surface area contributed by atoms with Gasteiger partial charge in [0.15, 0.2) is 5.78 Å². The van der Waals surface area contributed by atoms with Crippen LogP contribution in [0.15, 0.2) is 48.5 Å². The molecule has 25 heavy (non-hydrogen) atoms. The smallest absolute Gasteiger partial charge is 0.163 e. The van der Waals surface area contributed by atoms with Crippen LogP contribution in [0, 0.1) is 0 Å². The van der Waals surface area contributed by atoms with E-state index in [9.17, 15) is 15.0 Å². The van der Waals surface area contributed by atoms with Gasteiger partial charge in [0.25, 0.3) is 0 Å². The van der Waals surface area contributed by atoms with Gasteiger partial charge in [-0.15, -0.1) is 0 Å². The number of aliphatic hydroxyl groups excluding tert-OH is 2. The van der Waals surface area contributed by atoms with Crippen molar-refractivity contribution < 1.29 is 19.7 Å². The average Bonchev–Trinajstić information content (AvgIpc) is 2.98. The third-order valence-corrected chi connectivity index (χ3v) is 3.97. The number of nitrogens with zero attached hydrogens (tertiary/aromatic N) is 2. The van der Waals surface area contributed by atoms with Crippen LogP contribution in [0.5, 0.6) is 5.75 Å². The zero-order valence-electron chi connectivity index (χ0n) is 13.9. The summed E-state index contributed by atoms with van der Waals surface area (Å²) in [4.78, 5) is 16.0. The lowest BCUT2D eigenvalue weighted by Crippen LogP contribution is -2.25. The number of ketones is 1. The van der Waals surface area contributed by atoms with Gasteiger partial charge >= 0.3 is 0 Å². The minimum atomic E-state index is -0.817. The van der Waals surface area contributed by atoms with Crippen LogP contribution < -0.4 is 4.74 Å². The molecule has 3 rings (SSSR count). The van der Waals surface area contributed by atoms with Crippen molar-refractivity contribution in [3.8, 4) is 5.75 Å². The maximum absolute atomic E-state index is 11.6. The molecule has 130 valence electrons. The van der Waals surface area contributed by atoms with Crippen molar-refractivity contribution in [3.63, 3.8) is 0 Å². The fourth-order valence-corrected chi connectivity index (χ4v) is 2.78. The summed E-state index contributed by atoms with van der Waals surface area (Å²) in [7, 11) is 0. The number of fused-ring (bicyclic) bond motifs is 1. The topological polar surface area (TPSA) is 84.6 Å². The van der Waals surface area contributed by atoms with Crippen LogP contribution in [-0.2, 0) is 13.2 Å². The van der Waals surface area contributed by atoms with Gasteiger partial charge in [-0.1, -0.05) is 24.3 Å². The lowest BCUT2D eigenvalue weighted by Gasteiger charge is -2.16. The van der Waals surface area contributed by atoms with Gasteiger partial charge in [-0.2, -0.15) is 0 Å². The van der Waals surface area contributed by atoms with Crippen LogP contribution in [0.25, 0.3) is 11.0 Å². The average molecular weight is 340 g/mol. The Morgan fingerprint density at radius 3 is 2.68 bits per heavy atom. The number of aromatic nitrogens is 2. The molecule has 0 saturated carbocycles. The molecule has 0 amide bonds. The molecule has 1 aromatic heterocycles. The fraction of sp³-hybridized carbons (Fsp3) is 0.263. The second-order valence-corrected chi connectivity index (χ2v) is 5.80. The number of imidazole rings is 1. The molecule has 2 aromatic carbocycles.